The fourth-order valence-corrected chi connectivity index (χ4v) is 3.80. The molecule has 4 aromatic rings. The van der Waals surface area contributed by atoms with Gasteiger partial charge in [-0.1, -0.05) is 49.7 Å². The molecule has 0 amide bonds. The molecule has 0 atom stereocenters. The molecule has 0 unspecified atom stereocenters. The molecule has 0 aliphatic rings. The summed E-state index contributed by atoms with van der Waals surface area (Å²) in [6.07, 6.45) is -2.21. The zero-order chi connectivity index (χ0) is 26.0. The minimum absolute atomic E-state index is 0.00624. The Balaban J connectivity index is 1.58. The molecule has 0 aliphatic heterocycles. The molecular weight excluding hydrogens is 485 g/mol. The summed E-state index contributed by atoms with van der Waals surface area (Å²) in [4.78, 5) is 0. The van der Waals surface area contributed by atoms with Crippen LogP contribution < -0.4 is 4.74 Å². The van der Waals surface area contributed by atoms with Gasteiger partial charge in [0.1, 0.15) is 17.4 Å². The molecule has 0 N–H and O–H groups in total. The van der Waals surface area contributed by atoms with E-state index in [1.165, 1.54) is 0 Å². The van der Waals surface area contributed by atoms with Gasteiger partial charge < -0.3 is 4.74 Å². The van der Waals surface area contributed by atoms with Crippen molar-refractivity contribution in [2.75, 3.05) is 0 Å². The van der Waals surface area contributed by atoms with Crippen molar-refractivity contribution in [3.63, 3.8) is 0 Å². The number of ether oxygens (including phenoxy) is 1. The maximum Gasteiger partial charge on any atom is 0.426 e. The first kappa shape index (κ1) is 25.3. The van der Waals surface area contributed by atoms with Crippen molar-refractivity contribution in [3.05, 3.63) is 113 Å². The van der Waals surface area contributed by atoms with Crippen LogP contribution in [0.1, 0.15) is 24.5 Å². The Kier molecular flexibility index (Phi) is 7.06. The second kappa shape index (κ2) is 10.0. The summed E-state index contributed by atoms with van der Waals surface area (Å²) in [5.41, 5.74) is 0.899. The van der Waals surface area contributed by atoms with E-state index in [0.29, 0.717) is 11.1 Å². The fourth-order valence-electron chi connectivity index (χ4n) is 3.80. The lowest BCUT2D eigenvalue weighted by Crippen LogP contribution is -2.22. The second-order valence-corrected chi connectivity index (χ2v) is 8.16. The molecule has 0 saturated carbocycles. The highest BCUT2D eigenvalue weighted by Gasteiger charge is 2.35. The zero-order valence-corrected chi connectivity index (χ0v) is 18.9. The second-order valence-electron chi connectivity index (χ2n) is 8.16. The smallest absolute Gasteiger partial charge is 0.426 e. The molecule has 0 fully saturated rings. The van der Waals surface area contributed by atoms with Crippen LogP contribution in [0.5, 0.6) is 5.75 Å². The van der Waals surface area contributed by atoms with E-state index in [2.05, 4.69) is 4.74 Å². The van der Waals surface area contributed by atoms with Crippen LogP contribution >= 0.6 is 0 Å². The van der Waals surface area contributed by atoms with Crippen molar-refractivity contribution in [2.24, 2.45) is 0 Å². The van der Waals surface area contributed by atoms with Crippen LogP contribution in [0.25, 0.3) is 22.3 Å². The fraction of sp³-hybridized carbons (Fsp3) is 0.143. The van der Waals surface area contributed by atoms with Crippen molar-refractivity contribution < 1.29 is 35.5 Å². The van der Waals surface area contributed by atoms with E-state index >= 15 is 0 Å². The highest BCUT2D eigenvalue weighted by Crippen LogP contribution is 2.36. The monoisotopic (exact) mass is 504 g/mol. The highest BCUT2D eigenvalue weighted by atomic mass is 19.3. The highest BCUT2D eigenvalue weighted by molar-refractivity contribution is 5.72. The number of rotatable bonds is 7. The molecule has 1 nitrogen and oxygen atoms in total. The number of hydrogen-bond donors (Lipinski definition) is 0. The molecule has 0 spiro atoms. The van der Waals surface area contributed by atoms with Gasteiger partial charge in [0, 0.05) is 12.1 Å². The first-order valence-corrected chi connectivity index (χ1v) is 11.0. The lowest BCUT2D eigenvalue weighted by Gasteiger charge is -2.19. The molecule has 186 valence electrons. The normalized spacial score (nSPS) is 11.6. The van der Waals surface area contributed by atoms with E-state index in [1.807, 2.05) is 19.1 Å². The molecule has 0 aliphatic carbocycles. The maximum atomic E-state index is 14.9. The van der Waals surface area contributed by atoms with Gasteiger partial charge in [-0.25, -0.2) is 22.0 Å². The summed E-state index contributed by atoms with van der Waals surface area (Å²) >= 11 is 0. The van der Waals surface area contributed by atoms with Crippen LogP contribution in [0, 0.1) is 29.1 Å². The van der Waals surface area contributed by atoms with E-state index in [-0.39, 0.29) is 17.7 Å². The molecule has 0 bridgehead atoms. The summed E-state index contributed by atoms with van der Waals surface area (Å²) in [5.74, 6) is -7.90. The predicted octanol–water partition coefficient (Wildman–Crippen LogP) is 8.80. The minimum Gasteiger partial charge on any atom is -0.429 e. The molecular formula is C28H19F7O. The SMILES string of the molecule is CCCc1ccc(-c2cc(F)c(-c3ccc(C(F)(F)Oc4cc(F)c(F)c(F)c4)cc3)c(F)c2)cc1. The third-order valence-corrected chi connectivity index (χ3v) is 5.58. The van der Waals surface area contributed by atoms with Gasteiger partial charge in [-0.15, -0.1) is 0 Å². The first-order valence-electron chi connectivity index (χ1n) is 11.0. The van der Waals surface area contributed by atoms with Gasteiger partial charge in [0.2, 0.25) is 0 Å². The van der Waals surface area contributed by atoms with Crippen LogP contribution in [0.3, 0.4) is 0 Å². The van der Waals surface area contributed by atoms with Crippen molar-refractivity contribution in [1.29, 1.82) is 0 Å². The van der Waals surface area contributed by atoms with Crippen LogP contribution in [-0.2, 0) is 12.5 Å². The molecule has 0 radical (unpaired) electrons. The van der Waals surface area contributed by atoms with E-state index in [1.54, 1.807) is 12.1 Å². The molecule has 4 rings (SSSR count). The summed E-state index contributed by atoms with van der Waals surface area (Å²) in [5, 5.41) is 0. The number of alkyl halides is 2. The Morgan fingerprint density at radius 2 is 1.17 bits per heavy atom. The topological polar surface area (TPSA) is 9.23 Å². The lowest BCUT2D eigenvalue weighted by molar-refractivity contribution is -0.185. The molecule has 0 saturated heterocycles. The van der Waals surface area contributed by atoms with E-state index < -0.39 is 52.1 Å². The Morgan fingerprint density at radius 1 is 0.639 bits per heavy atom. The van der Waals surface area contributed by atoms with Crippen molar-refractivity contribution >= 4 is 0 Å². The van der Waals surface area contributed by atoms with Gasteiger partial charge in [-0.3, -0.25) is 0 Å². The van der Waals surface area contributed by atoms with Crippen LogP contribution in [0.2, 0.25) is 0 Å². The first-order chi connectivity index (χ1) is 17.1. The third-order valence-electron chi connectivity index (χ3n) is 5.58. The average Bonchev–Trinajstić information content (AvgIpc) is 2.83. The van der Waals surface area contributed by atoms with Gasteiger partial charge in [0.15, 0.2) is 17.5 Å². The summed E-state index contributed by atoms with van der Waals surface area (Å²) < 4.78 is 103. The van der Waals surface area contributed by atoms with Gasteiger partial charge in [0.05, 0.1) is 11.1 Å². The standard InChI is InChI=1S/C28H19F7O/c1-2-3-16-4-6-17(7-5-16)19-12-22(29)26(23(30)13-19)18-8-10-20(11-9-18)28(34,35)36-21-14-24(31)27(33)25(32)15-21/h4-15H,2-3H2,1H3. The minimum atomic E-state index is -4.07. The quantitative estimate of drug-likeness (QED) is 0.181. The number of hydrogen-bond acceptors (Lipinski definition) is 1. The Bertz CT molecular complexity index is 1330. The van der Waals surface area contributed by atoms with Crippen LogP contribution in [0.4, 0.5) is 30.7 Å². The summed E-state index contributed by atoms with van der Waals surface area (Å²) in [6, 6.07) is 14.1. The van der Waals surface area contributed by atoms with Crippen LogP contribution in [-0.4, -0.2) is 0 Å². The Labute approximate surface area is 202 Å². The van der Waals surface area contributed by atoms with Gasteiger partial charge in [-0.2, -0.15) is 8.78 Å². The van der Waals surface area contributed by atoms with E-state index in [0.717, 1.165) is 54.8 Å². The predicted molar refractivity (Wildman–Crippen MR) is 122 cm³/mol. The van der Waals surface area contributed by atoms with Gasteiger partial charge in [0.25, 0.3) is 0 Å². The maximum absolute atomic E-state index is 14.9. The van der Waals surface area contributed by atoms with Crippen molar-refractivity contribution in [3.8, 4) is 28.0 Å². The molecule has 4 aromatic carbocycles. The zero-order valence-electron chi connectivity index (χ0n) is 18.9. The summed E-state index contributed by atoms with van der Waals surface area (Å²) in [6.45, 7) is 2.05. The number of aryl methyl sites for hydroxylation is 1. The number of halogens is 7. The summed E-state index contributed by atoms with van der Waals surface area (Å²) in [7, 11) is 0. The van der Waals surface area contributed by atoms with E-state index in [4.69, 9.17) is 0 Å². The van der Waals surface area contributed by atoms with Gasteiger partial charge in [-0.05, 0) is 52.9 Å². The van der Waals surface area contributed by atoms with Crippen LogP contribution in [0.15, 0.2) is 72.8 Å². The third kappa shape index (κ3) is 5.22. The average molecular weight is 504 g/mol. The Hall–Kier alpha value is -3.81. The molecule has 8 heteroatoms. The molecule has 0 aromatic heterocycles. The van der Waals surface area contributed by atoms with E-state index in [9.17, 15) is 30.7 Å². The molecule has 36 heavy (non-hydrogen) atoms. The van der Waals surface area contributed by atoms with Crippen molar-refractivity contribution in [2.45, 2.75) is 25.9 Å². The Morgan fingerprint density at radius 3 is 1.69 bits per heavy atom. The van der Waals surface area contributed by atoms with Crippen molar-refractivity contribution in [1.82, 2.24) is 0 Å². The number of benzene rings is 4. The molecule has 0 heterocycles. The lowest BCUT2D eigenvalue weighted by atomic mass is 9.97. The van der Waals surface area contributed by atoms with Gasteiger partial charge >= 0.3 is 6.11 Å². The largest absolute Gasteiger partial charge is 0.429 e.